The summed E-state index contributed by atoms with van der Waals surface area (Å²) in [5, 5.41) is 1.71. The SMILES string of the molecule is O=C(c1cnsc1)N1CCC2(CC1)O[C@@H]1CC[C@@H](c3cc(F)cc(F)c3)N1C2=O. The third kappa shape index (κ3) is 3.03. The van der Waals surface area contributed by atoms with E-state index in [9.17, 15) is 18.4 Å². The topological polar surface area (TPSA) is 62.7 Å². The summed E-state index contributed by atoms with van der Waals surface area (Å²) in [7, 11) is 0. The fraction of sp³-hybridized carbons (Fsp3) is 0.450. The van der Waals surface area contributed by atoms with Crippen LogP contribution in [0.15, 0.2) is 29.8 Å². The van der Waals surface area contributed by atoms with Crippen molar-refractivity contribution in [3.63, 3.8) is 0 Å². The number of halogens is 2. The molecule has 1 spiro atoms. The smallest absolute Gasteiger partial charge is 0.257 e. The lowest BCUT2D eigenvalue weighted by molar-refractivity contribution is -0.142. The number of nitrogens with zero attached hydrogens (tertiary/aromatic N) is 3. The maximum Gasteiger partial charge on any atom is 0.257 e. The highest BCUT2D eigenvalue weighted by Gasteiger charge is 2.58. The number of carbonyl (C=O) groups excluding carboxylic acids is 2. The molecule has 0 aliphatic carbocycles. The number of hydrogen-bond acceptors (Lipinski definition) is 5. The van der Waals surface area contributed by atoms with Gasteiger partial charge < -0.3 is 14.5 Å². The lowest BCUT2D eigenvalue weighted by Gasteiger charge is -2.37. The molecule has 6 nitrogen and oxygen atoms in total. The largest absolute Gasteiger partial charge is 0.342 e. The highest BCUT2D eigenvalue weighted by Crippen LogP contribution is 2.47. The van der Waals surface area contributed by atoms with E-state index < -0.39 is 23.3 Å². The van der Waals surface area contributed by atoms with E-state index in [1.165, 1.54) is 23.7 Å². The molecule has 0 unspecified atom stereocenters. The first kappa shape index (κ1) is 18.6. The number of hydrogen-bond donors (Lipinski definition) is 0. The van der Waals surface area contributed by atoms with Gasteiger partial charge in [0.1, 0.15) is 17.9 Å². The van der Waals surface area contributed by atoms with Crippen LogP contribution in [-0.4, -0.2) is 50.9 Å². The Balaban J connectivity index is 1.33. The monoisotopic (exact) mass is 419 g/mol. The number of carbonyl (C=O) groups is 2. The van der Waals surface area contributed by atoms with Crippen molar-refractivity contribution in [2.45, 2.75) is 43.6 Å². The van der Waals surface area contributed by atoms with Crippen LogP contribution in [-0.2, 0) is 9.53 Å². The van der Waals surface area contributed by atoms with Gasteiger partial charge in [-0.1, -0.05) is 0 Å². The first-order chi connectivity index (χ1) is 14.0. The number of fused-ring (bicyclic) bond motifs is 1. The van der Waals surface area contributed by atoms with Crippen molar-refractivity contribution in [2.24, 2.45) is 0 Å². The molecule has 0 saturated carbocycles. The van der Waals surface area contributed by atoms with Gasteiger partial charge in [0.05, 0.1) is 17.8 Å². The van der Waals surface area contributed by atoms with E-state index >= 15 is 0 Å². The molecule has 0 radical (unpaired) electrons. The zero-order valence-corrected chi connectivity index (χ0v) is 16.3. The van der Waals surface area contributed by atoms with Crippen molar-refractivity contribution in [1.82, 2.24) is 14.2 Å². The number of likely N-dealkylation sites (tertiary alicyclic amines) is 1. The van der Waals surface area contributed by atoms with E-state index in [2.05, 4.69) is 4.37 Å². The molecular weight excluding hydrogens is 400 g/mol. The van der Waals surface area contributed by atoms with E-state index in [4.69, 9.17) is 4.74 Å². The van der Waals surface area contributed by atoms with Crippen LogP contribution in [0.5, 0.6) is 0 Å². The Morgan fingerprint density at radius 2 is 1.90 bits per heavy atom. The fourth-order valence-electron chi connectivity index (χ4n) is 4.70. The van der Waals surface area contributed by atoms with Gasteiger partial charge in [0.2, 0.25) is 0 Å². The molecule has 29 heavy (non-hydrogen) atoms. The second-order valence-electron chi connectivity index (χ2n) is 7.78. The molecule has 4 heterocycles. The zero-order valence-electron chi connectivity index (χ0n) is 15.5. The standard InChI is InChI=1S/C20H19F2N3O3S/c21-14-7-12(8-15(22)9-14)16-1-2-17-25(16)19(27)20(28-17)3-5-24(6-4-20)18(26)13-10-23-29-11-13/h7-11,16-17H,1-6H2/t16-,17+/m0/s1. The van der Waals surface area contributed by atoms with Crippen molar-refractivity contribution in [1.29, 1.82) is 0 Å². The Labute approximate surface area is 170 Å². The van der Waals surface area contributed by atoms with Crippen LogP contribution in [0.3, 0.4) is 0 Å². The van der Waals surface area contributed by atoms with Crippen LogP contribution in [0.25, 0.3) is 0 Å². The summed E-state index contributed by atoms with van der Waals surface area (Å²) in [6.45, 7) is 0.834. The zero-order chi connectivity index (χ0) is 20.2. The van der Waals surface area contributed by atoms with E-state index in [0.717, 1.165) is 6.07 Å². The summed E-state index contributed by atoms with van der Waals surface area (Å²) in [4.78, 5) is 29.2. The van der Waals surface area contributed by atoms with Gasteiger partial charge in [0.15, 0.2) is 5.60 Å². The molecule has 0 bridgehead atoms. The Bertz CT molecular complexity index is 940. The van der Waals surface area contributed by atoms with E-state index in [1.807, 2.05) is 0 Å². The number of benzene rings is 1. The summed E-state index contributed by atoms with van der Waals surface area (Å²) >= 11 is 1.23. The van der Waals surface area contributed by atoms with Gasteiger partial charge >= 0.3 is 0 Å². The lowest BCUT2D eigenvalue weighted by Crippen LogP contribution is -2.51. The van der Waals surface area contributed by atoms with E-state index in [-0.39, 0.29) is 18.0 Å². The molecule has 2 atom stereocenters. The number of piperidine rings is 1. The molecule has 3 fully saturated rings. The van der Waals surface area contributed by atoms with Gasteiger partial charge in [-0.25, -0.2) is 13.2 Å². The van der Waals surface area contributed by atoms with Gasteiger partial charge in [-0.15, -0.1) is 0 Å². The molecule has 3 aliphatic heterocycles. The minimum atomic E-state index is -0.959. The Morgan fingerprint density at radius 1 is 1.17 bits per heavy atom. The number of ether oxygens (including phenoxy) is 1. The van der Waals surface area contributed by atoms with Crippen molar-refractivity contribution in [3.8, 4) is 0 Å². The summed E-state index contributed by atoms with van der Waals surface area (Å²) in [6, 6.07) is 3.00. The highest BCUT2D eigenvalue weighted by molar-refractivity contribution is 7.03. The van der Waals surface area contributed by atoms with Gasteiger partial charge in [-0.2, -0.15) is 0 Å². The predicted molar refractivity (Wildman–Crippen MR) is 100 cm³/mol. The molecule has 2 aromatic rings. The minimum Gasteiger partial charge on any atom is -0.342 e. The minimum absolute atomic E-state index is 0.0901. The average Bonchev–Trinajstić information content (AvgIpc) is 3.41. The first-order valence-electron chi connectivity index (χ1n) is 9.62. The Morgan fingerprint density at radius 3 is 2.55 bits per heavy atom. The van der Waals surface area contributed by atoms with E-state index in [0.29, 0.717) is 49.9 Å². The first-order valence-corrected chi connectivity index (χ1v) is 10.5. The molecule has 2 amide bonds. The van der Waals surface area contributed by atoms with Crippen LogP contribution in [0, 0.1) is 11.6 Å². The highest BCUT2D eigenvalue weighted by atomic mass is 32.1. The maximum absolute atomic E-state index is 13.7. The number of rotatable bonds is 2. The fourth-order valence-corrected chi connectivity index (χ4v) is 5.21. The van der Waals surface area contributed by atoms with Gasteiger partial charge in [-0.05, 0) is 42.1 Å². The van der Waals surface area contributed by atoms with Crippen molar-refractivity contribution in [3.05, 3.63) is 52.5 Å². The summed E-state index contributed by atoms with van der Waals surface area (Å²) in [5.41, 5.74) is 0.0498. The molecule has 3 saturated heterocycles. The second kappa shape index (κ2) is 6.84. The molecule has 152 valence electrons. The Kier molecular flexibility index (Phi) is 4.40. The normalized spacial score (nSPS) is 25.7. The van der Waals surface area contributed by atoms with Crippen LogP contribution >= 0.6 is 11.5 Å². The van der Waals surface area contributed by atoms with Crippen molar-refractivity contribution in [2.75, 3.05) is 13.1 Å². The average molecular weight is 419 g/mol. The predicted octanol–water partition coefficient (Wildman–Crippen LogP) is 3.12. The molecule has 1 aromatic carbocycles. The molecule has 1 aromatic heterocycles. The summed E-state index contributed by atoms with van der Waals surface area (Å²) in [5.74, 6) is -1.53. The number of aromatic nitrogens is 1. The summed E-state index contributed by atoms with van der Waals surface area (Å²) in [6.07, 6.45) is 3.21. The molecule has 3 aliphatic rings. The molecule has 9 heteroatoms. The maximum atomic E-state index is 13.7. The molecular formula is C20H19F2N3O3S. The van der Waals surface area contributed by atoms with Gasteiger partial charge in [0.25, 0.3) is 11.8 Å². The molecule has 0 N–H and O–H groups in total. The van der Waals surface area contributed by atoms with Crippen LogP contribution in [0.4, 0.5) is 8.78 Å². The van der Waals surface area contributed by atoms with E-state index in [1.54, 1.807) is 21.4 Å². The van der Waals surface area contributed by atoms with Crippen LogP contribution in [0.1, 0.15) is 47.6 Å². The van der Waals surface area contributed by atoms with Crippen LogP contribution in [0.2, 0.25) is 0 Å². The molecule has 5 rings (SSSR count). The van der Waals surface area contributed by atoms with Gasteiger partial charge in [0, 0.05) is 37.4 Å². The third-order valence-corrected chi connectivity index (χ3v) is 6.71. The quantitative estimate of drug-likeness (QED) is 0.751. The third-order valence-electron chi connectivity index (χ3n) is 6.13. The Hall–Kier alpha value is -2.39. The summed E-state index contributed by atoms with van der Waals surface area (Å²) < 4.78 is 37.5. The van der Waals surface area contributed by atoms with Crippen molar-refractivity contribution < 1.29 is 23.1 Å². The number of amides is 2. The van der Waals surface area contributed by atoms with Crippen molar-refractivity contribution >= 4 is 23.3 Å². The van der Waals surface area contributed by atoms with Crippen LogP contribution < -0.4 is 0 Å². The second-order valence-corrected chi connectivity index (χ2v) is 8.44. The lowest BCUT2D eigenvalue weighted by atomic mass is 9.89. The van der Waals surface area contributed by atoms with Gasteiger partial charge in [-0.3, -0.25) is 9.59 Å².